The minimum atomic E-state index is 0.360. The van der Waals surface area contributed by atoms with Gasteiger partial charge in [-0.3, -0.25) is 9.97 Å². The van der Waals surface area contributed by atoms with Gasteiger partial charge in [-0.2, -0.15) is 0 Å². The van der Waals surface area contributed by atoms with Gasteiger partial charge in [-0.25, -0.2) is 0 Å². The highest BCUT2D eigenvalue weighted by Gasteiger charge is 2.12. The van der Waals surface area contributed by atoms with Gasteiger partial charge in [-0.05, 0) is 55.1 Å². The predicted molar refractivity (Wildman–Crippen MR) is 77.9 cm³/mol. The van der Waals surface area contributed by atoms with Gasteiger partial charge in [0, 0.05) is 30.8 Å². The molecule has 0 aliphatic heterocycles. The van der Waals surface area contributed by atoms with Gasteiger partial charge in [0.15, 0.2) is 0 Å². The third-order valence-corrected chi connectivity index (χ3v) is 3.35. The molecule has 0 amide bonds. The van der Waals surface area contributed by atoms with Crippen LogP contribution in [0.1, 0.15) is 36.1 Å². The van der Waals surface area contributed by atoms with Crippen LogP contribution in [0.4, 0.5) is 0 Å². The van der Waals surface area contributed by atoms with Gasteiger partial charge in [0.2, 0.25) is 0 Å². The van der Waals surface area contributed by atoms with E-state index in [1.165, 1.54) is 16.7 Å². The summed E-state index contributed by atoms with van der Waals surface area (Å²) in [7, 11) is 0. The first-order valence-electron chi connectivity index (χ1n) is 6.84. The van der Waals surface area contributed by atoms with E-state index in [0.717, 1.165) is 19.4 Å². The number of rotatable bonds is 6. The first kappa shape index (κ1) is 13.7. The summed E-state index contributed by atoms with van der Waals surface area (Å²) in [5.74, 6) is 0. The summed E-state index contributed by atoms with van der Waals surface area (Å²) >= 11 is 0. The van der Waals surface area contributed by atoms with Crippen LogP contribution in [0.3, 0.4) is 0 Å². The van der Waals surface area contributed by atoms with E-state index < -0.39 is 0 Å². The topological polar surface area (TPSA) is 37.8 Å². The highest BCUT2D eigenvalue weighted by atomic mass is 14.9. The van der Waals surface area contributed by atoms with Crippen molar-refractivity contribution in [2.75, 3.05) is 6.54 Å². The molecule has 1 atom stereocenters. The summed E-state index contributed by atoms with van der Waals surface area (Å²) in [4.78, 5) is 8.42. The monoisotopic (exact) mass is 255 g/mol. The maximum Gasteiger partial charge on any atom is 0.0341 e. The van der Waals surface area contributed by atoms with Crippen LogP contribution >= 0.6 is 0 Å². The fourth-order valence-corrected chi connectivity index (χ4v) is 2.31. The second kappa shape index (κ2) is 7.00. The number of nitrogens with one attached hydrogen (secondary N) is 1. The number of hydrogen-bond donors (Lipinski definition) is 1. The maximum atomic E-state index is 4.25. The Morgan fingerprint density at radius 3 is 2.68 bits per heavy atom. The van der Waals surface area contributed by atoms with Crippen LogP contribution in [0.15, 0.2) is 43.0 Å². The molecule has 0 radical (unpaired) electrons. The Bertz CT molecular complexity index is 496. The molecule has 0 saturated carbocycles. The lowest BCUT2D eigenvalue weighted by molar-refractivity contribution is 0.511. The van der Waals surface area contributed by atoms with Gasteiger partial charge >= 0.3 is 0 Å². The SMILES string of the molecule is CCNC(CCc1cccnc1)c1cnccc1C. The van der Waals surface area contributed by atoms with Gasteiger partial charge in [0.25, 0.3) is 0 Å². The van der Waals surface area contributed by atoms with Crippen molar-refractivity contribution in [2.24, 2.45) is 0 Å². The molecule has 2 heterocycles. The Kier molecular flexibility index (Phi) is 5.04. The van der Waals surface area contributed by atoms with E-state index in [4.69, 9.17) is 0 Å². The van der Waals surface area contributed by atoms with Gasteiger partial charge in [0.05, 0.1) is 0 Å². The lowest BCUT2D eigenvalue weighted by Gasteiger charge is -2.19. The first-order valence-corrected chi connectivity index (χ1v) is 6.84. The largest absolute Gasteiger partial charge is 0.310 e. The van der Waals surface area contributed by atoms with Crippen molar-refractivity contribution in [3.05, 3.63) is 59.7 Å². The molecule has 0 fully saturated rings. The minimum absolute atomic E-state index is 0.360. The standard InChI is InChI=1S/C16H21N3/c1-3-19-16(15-12-18-10-8-13(15)2)7-6-14-5-4-9-17-11-14/h4-5,8-12,16,19H,3,6-7H2,1-2H3. The van der Waals surface area contributed by atoms with Crippen LogP contribution in [0, 0.1) is 6.92 Å². The predicted octanol–water partition coefficient (Wildman–Crippen LogP) is 3.07. The normalized spacial score (nSPS) is 12.3. The molecule has 0 aromatic carbocycles. The van der Waals surface area contributed by atoms with E-state index in [1.807, 2.05) is 30.9 Å². The summed E-state index contributed by atoms with van der Waals surface area (Å²) in [5, 5.41) is 3.55. The van der Waals surface area contributed by atoms with E-state index in [1.54, 1.807) is 0 Å². The Morgan fingerprint density at radius 2 is 2.00 bits per heavy atom. The molecule has 0 saturated heterocycles. The zero-order chi connectivity index (χ0) is 13.5. The Hall–Kier alpha value is -1.74. The number of hydrogen-bond acceptors (Lipinski definition) is 3. The van der Waals surface area contributed by atoms with Crippen molar-refractivity contribution in [1.82, 2.24) is 15.3 Å². The molecule has 2 aromatic heterocycles. The minimum Gasteiger partial charge on any atom is -0.310 e. The van der Waals surface area contributed by atoms with E-state index in [2.05, 4.69) is 41.3 Å². The van der Waals surface area contributed by atoms with Crippen LogP contribution in [-0.2, 0) is 6.42 Å². The summed E-state index contributed by atoms with van der Waals surface area (Å²) in [6.07, 6.45) is 9.68. The highest BCUT2D eigenvalue weighted by molar-refractivity contribution is 5.25. The lowest BCUT2D eigenvalue weighted by Crippen LogP contribution is -2.22. The Balaban J connectivity index is 2.07. The number of aryl methyl sites for hydroxylation is 2. The smallest absolute Gasteiger partial charge is 0.0341 e. The fourth-order valence-electron chi connectivity index (χ4n) is 2.31. The number of pyridine rings is 2. The van der Waals surface area contributed by atoms with Gasteiger partial charge in [-0.1, -0.05) is 13.0 Å². The third kappa shape index (κ3) is 3.86. The Morgan fingerprint density at radius 1 is 1.16 bits per heavy atom. The van der Waals surface area contributed by atoms with Crippen LogP contribution < -0.4 is 5.32 Å². The molecule has 3 heteroatoms. The molecular weight excluding hydrogens is 234 g/mol. The number of nitrogens with zero attached hydrogens (tertiary/aromatic N) is 2. The second-order valence-electron chi connectivity index (χ2n) is 4.74. The number of aromatic nitrogens is 2. The fraction of sp³-hybridized carbons (Fsp3) is 0.375. The summed E-state index contributed by atoms with van der Waals surface area (Å²) in [6, 6.07) is 6.56. The van der Waals surface area contributed by atoms with Crippen LogP contribution in [0.5, 0.6) is 0 Å². The summed E-state index contributed by atoms with van der Waals surface area (Å²) in [5.41, 5.74) is 3.88. The molecule has 19 heavy (non-hydrogen) atoms. The van der Waals surface area contributed by atoms with E-state index >= 15 is 0 Å². The first-order chi connectivity index (χ1) is 9.31. The van der Waals surface area contributed by atoms with Crippen molar-refractivity contribution >= 4 is 0 Å². The van der Waals surface area contributed by atoms with Crippen molar-refractivity contribution in [2.45, 2.75) is 32.7 Å². The molecule has 1 unspecified atom stereocenters. The van der Waals surface area contributed by atoms with Crippen molar-refractivity contribution in [3.63, 3.8) is 0 Å². The second-order valence-corrected chi connectivity index (χ2v) is 4.74. The van der Waals surface area contributed by atoms with Gasteiger partial charge in [-0.15, -0.1) is 0 Å². The zero-order valence-corrected chi connectivity index (χ0v) is 11.6. The molecule has 1 N–H and O–H groups in total. The zero-order valence-electron chi connectivity index (χ0n) is 11.6. The molecule has 100 valence electrons. The quantitative estimate of drug-likeness (QED) is 0.862. The molecule has 2 aromatic rings. The lowest BCUT2D eigenvalue weighted by atomic mass is 9.97. The molecule has 0 spiro atoms. The van der Waals surface area contributed by atoms with E-state index in [0.29, 0.717) is 6.04 Å². The van der Waals surface area contributed by atoms with E-state index in [9.17, 15) is 0 Å². The molecule has 0 aliphatic carbocycles. The molecular formula is C16H21N3. The van der Waals surface area contributed by atoms with Gasteiger partial charge in [0.1, 0.15) is 0 Å². The van der Waals surface area contributed by atoms with Crippen LogP contribution in [-0.4, -0.2) is 16.5 Å². The van der Waals surface area contributed by atoms with Crippen LogP contribution in [0.25, 0.3) is 0 Å². The highest BCUT2D eigenvalue weighted by Crippen LogP contribution is 2.21. The van der Waals surface area contributed by atoms with Crippen molar-refractivity contribution in [1.29, 1.82) is 0 Å². The van der Waals surface area contributed by atoms with Crippen molar-refractivity contribution < 1.29 is 0 Å². The van der Waals surface area contributed by atoms with Crippen molar-refractivity contribution in [3.8, 4) is 0 Å². The molecule has 2 rings (SSSR count). The van der Waals surface area contributed by atoms with Gasteiger partial charge < -0.3 is 5.32 Å². The maximum absolute atomic E-state index is 4.25. The molecule has 0 aliphatic rings. The van der Waals surface area contributed by atoms with E-state index in [-0.39, 0.29) is 0 Å². The third-order valence-electron chi connectivity index (χ3n) is 3.35. The molecule has 0 bridgehead atoms. The van der Waals surface area contributed by atoms with Crippen LogP contribution in [0.2, 0.25) is 0 Å². The average molecular weight is 255 g/mol. The summed E-state index contributed by atoms with van der Waals surface area (Å²) in [6.45, 7) is 5.25. The molecule has 3 nitrogen and oxygen atoms in total. The average Bonchev–Trinajstić information content (AvgIpc) is 2.45. The Labute approximate surface area is 115 Å². The summed E-state index contributed by atoms with van der Waals surface area (Å²) < 4.78 is 0.